The van der Waals surface area contributed by atoms with E-state index in [4.69, 9.17) is 5.73 Å². The lowest BCUT2D eigenvalue weighted by Crippen LogP contribution is -2.24. The summed E-state index contributed by atoms with van der Waals surface area (Å²) in [6, 6.07) is 0. The first-order valence-electron chi connectivity index (χ1n) is 3.20. The van der Waals surface area contributed by atoms with Crippen molar-refractivity contribution in [2.24, 2.45) is 11.7 Å². The summed E-state index contributed by atoms with van der Waals surface area (Å²) >= 11 is 0.628. The first kappa shape index (κ1) is 10.2. The number of thioether (sulfide) groups is 1. The van der Waals surface area contributed by atoms with E-state index in [0.717, 1.165) is 0 Å². The molecule has 0 saturated carbocycles. The van der Waals surface area contributed by atoms with E-state index in [-0.39, 0.29) is 0 Å². The summed E-state index contributed by atoms with van der Waals surface area (Å²) in [5.74, 6) is 0.756. The third kappa shape index (κ3) is 4.99. The summed E-state index contributed by atoms with van der Waals surface area (Å²) in [4.78, 5) is 0. The smallest absolute Gasteiger partial charge is 0.305 e. The van der Waals surface area contributed by atoms with Crippen LogP contribution >= 0.6 is 11.8 Å². The Morgan fingerprint density at radius 1 is 1.50 bits per heavy atom. The van der Waals surface area contributed by atoms with Crippen molar-refractivity contribution in [3.63, 3.8) is 0 Å². The molecule has 0 rings (SSSR count). The minimum Gasteiger partial charge on any atom is -0.324 e. The van der Waals surface area contributed by atoms with Crippen molar-refractivity contribution in [1.82, 2.24) is 0 Å². The lowest BCUT2D eigenvalue weighted by atomic mass is 10.3. The molecule has 0 spiro atoms. The summed E-state index contributed by atoms with van der Waals surface area (Å²) in [5.41, 5.74) is 4.82. The molecule has 0 aromatic heterocycles. The molecule has 0 amide bonds. The van der Waals surface area contributed by atoms with E-state index in [2.05, 4.69) is 0 Å². The van der Waals surface area contributed by atoms with Gasteiger partial charge in [0.2, 0.25) is 0 Å². The molecule has 0 saturated heterocycles. The van der Waals surface area contributed by atoms with Crippen LogP contribution in [-0.4, -0.2) is 17.6 Å². The van der Waals surface area contributed by atoms with E-state index >= 15 is 0 Å². The topological polar surface area (TPSA) is 26.0 Å². The maximum atomic E-state index is 12.4. The van der Waals surface area contributed by atoms with Crippen molar-refractivity contribution < 1.29 is 8.78 Å². The van der Waals surface area contributed by atoms with Gasteiger partial charge in [-0.05, 0) is 5.92 Å². The van der Waals surface area contributed by atoms with Crippen molar-refractivity contribution >= 4 is 11.8 Å². The molecule has 0 fully saturated rings. The van der Waals surface area contributed by atoms with Crippen LogP contribution in [0.3, 0.4) is 0 Å². The fourth-order valence-corrected chi connectivity index (χ4v) is 1.04. The zero-order chi connectivity index (χ0) is 8.20. The molecule has 10 heavy (non-hydrogen) atoms. The standard InChI is InChI=1S/C6H13F2NS/c1-5(2)3-10-6(7,8)4-9/h5H,3-4,9H2,1-2H3. The lowest BCUT2D eigenvalue weighted by molar-refractivity contribution is 0.116. The molecular formula is C6H13F2NS. The van der Waals surface area contributed by atoms with Gasteiger partial charge in [-0.1, -0.05) is 25.6 Å². The Balaban J connectivity index is 3.46. The molecule has 0 aliphatic heterocycles. The molecule has 4 heteroatoms. The van der Waals surface area contributed by atoms with Crippen LogP contribution in [0.4, 0.5) is 8.78 Å². The van der Waals surface area contributed by atoms with Crippen LogP contribution in [0, 0.1) is 5.92 Å². The maximum absolute atomic E-state index is 12.4. The minimum atomic E-state index is -2.73. The highest BCUT2D eigenvalue weighted by Crippen LogP contribution is 2.28. The Labute approximate surface area is 64.4 Å². The summed E-state index contributed by atoms with van der Waals surface area (Å²) in [6.45, 7) is 3.24. The number of halogens is 2. The largest absolute Gasteiger partial charge is 0.324 e. The average Bonchev–Trinajstić information content (AvgIpc) is 1.85. The zero-order valence-corrected chi connectivity index (χ0v) is 7.05. The molecule has 0 aromatic carbocycles. The second-order valence-corrected chi connectivity index (χ2v) is 3.77. The average molecular weight is 169 g/mol. The van der Waals surface area contributed by atoms with Crippen LogP contribution in [0.15, 0.2) is 0 Å². The molecule has 1 nitrogen and oxygen atoms in total. The summed E-state index contributed by atoms with van der Waals surface area (Å²) in [6.07, 6.45) is 0. The van der Waals surface area contributed by atoms with Gasteiger partial charge in [0.15, 0.2) is 0 Å². The Hall–Kier alpha value is 0.170. The van der Waals surface area contributed by atoms with Crippen molar-refractivity contribution in [1.29, 1.82) is 0 Å². The molecule has 0 heterocycles. The number of hydrogen-bond donors (Lipinski definition) is 1. The second-order valence-electron chi connectivity index (χ2n) is 2.55. The van der Waals surface area contributed by atoms with Crippen molar-refractivity contribution in [3.05, 3.63) is 0 Å². The van der Waals surface area contributed by atoms with Crippen LogP contribution in [-0.2, 0) is 0 Å². The fourth-order valence-electron chi connectivity index (χ4n) is 0.348. The van der Waals surface area contributed by atoms with Crippen LogP contribution in [0.25, 0.3) is 0 Å². The third-order valence-corrected chi connectivity index (χ3v) is 2.29. The first-order chi connectivity index (χ1) is 4.48. The van der Waals surface area contributed by atoms with Gasteiger partial charge in [-0.25, -0.2) is 0 Å². The Morgan fingerprint density at radius 2 is 2.00 bits per heavy atom. The van der Waals surface area contributed by atoms with E-state index in [9.17, 15) is 8.78 Å². The van der Waals surface area contributed by atoms with Crippen LogP contribution in [0.1, 0.15) is 13.8 Å². The quantitative estimate of drug-likeness (QED) is 0.696. The van der Waals surface area contributed by atoms with Crippen LogP contribution in [0.2, 0.25) is 0 Å². The van der Waals surface area contributed by atoms with Gasteiger partial charge >= 0.3 is 5.25 Å². The van der Waals surface area contributed by atoms with E-state index < -0.39 is 11.8 Å². The molecule has 2 N–H and O–H groups in total. The maximum Gasteiger partial charge on any atom is 0.305 e. The van der Waals surface area contributed by atoms with Gasteiger partial charge < -0.3 is 5.73 Å². The molecule has 0 unspecified atom stereocenters. The molecule has 0 bridgehead atoms. The van der Waals surface area contributed by atoms with Gasteiger partial charge in [0, 0.05) is 5.75 Å². The van der Waals surface area contributed by atoms with E-state index in [0.29, 0.717) is 23.4 Å². The molecule has 0 aliphatic rings. The van der Waals surface area contributed by atoms with Crippen molar-refractivity contribution in [3.8, 4) is 0 Å². The summed E-state index contributed by atoms with van der Waals surface area (Å²) in [7, 11) is 0. The summed E-state index contributed by atoms with van der Waals surface area (Å²) in [5, 5.41) is -2.73. The molecule has 0 aromatic rings. The van der Waals surface area contributed by atoms with Crippen LogP contribution < -0.4 is 5.73 Å². The van der Waals surface area contributed by atoms with Gasteiger partial charge in [0.1, 0.15) is 0 Å². The minimum absolute atomic E-state index is 0.294. The number of nitrogens with two attached hydrogens (primary N) is 1. The van der Waals surface area contributed by atoms with Gasteiger partial charge in [-0.3, -0.25) is 0 Å². The number of rotatable bonds is 4. The SMILES string of the molecule is CC(C)CSC(F)(F)CN. The Bertz CT molecular complexity index is 95.7. The predicted molar refractivity (Wildman–Crippen MR) is 41.3 cm³/mol. The van der Waals surface area contributed by atoms with Crippen LogP contribution in [0.5, 0.6) is 0 Å². The fraction of sp³-hybridized carbons (Fsp3) is 1.00. The van der Waals surface area contributed by atoms with E-state index in [1.165, 1.54) is 0 Å². The highest BCUT2D eigenvalue weighted by atomic mass is 32.2. The normalized spacial score (nSPS) is 12.6. The highest BCUT2D eigenvalue weighted by molar-refractivity contribution is 8.00. The van der Waals surface area contributed by atoms with Gasteiger partial charge in [-0.15, -0.1) is 0 Å². The van der Waals surface area contributed by atoms with E-state index in [1.807, 2.05) is 13.8 Å². The van der Waals surface area contributed by atoms with Gasteiger partial charge in [-0.2, -0.15) is 8.78 Å². The Kier molecular flexibility index (Phi) is 4.20. The van der Waals surface area contributed by atoms with Gasteiger partial charge in [0.25, 0.3) is 0 Å². The molecular weight excluding hydrogens is 156 g/mol. The second kappa shape index (κ2) is 4.13. The molecule has 62 valence electrons. The summed E-state index contributed by atoms with van der Waals surface area (Å²) < 4.78 is 24.7. The number of hydrogen-bond acceptors (Lipinski definition) is 2. The van der Waals surface area contributed by atoms with Crippen molar-refractivity contribution in [2.75, 3.05) is 12.3 Å². The van der Waals surface area contributed by atoms with Gasteiger partial charge in [0.05, 0.1) is 6.54 Å². The monoisotopic (exact) mass is 169 g/mol. The number of alkyl halides is 2. The third-order valence-electron chi connectivity index (χ3n) is 0.865. The predicted octanol–water partition coefficient (Wildman–Crippen LogP) is 1.93. The molecule has 0 radical (unpaired) electrons. The Morgan fingerprint density at radius 3 is 2.30 bits per heavy atom. The molecule has 0 atom stereocenters. The lowest BCUT2D eigenvalue weighted by Gasteiger charge is -2.13. The van der Waals surface area contributed by atoms with Crippen molar-refractivity contribution in [2.45, 2.75) is 19.1 Å². The highest BCUT2D eigenvalue weighted by Gasteiger charge is 2.26. The van der Waals surface area contributed by atoms with E-state index in [1.54, 1.807) is 0 Å². The first-order valence-corrected chi connectivity index (χ1v) is 4.18. The zero-order valence-electron chi connectivity index (χ0n) is 6.23. The molecule has 0 aliphatic carbocycles.